The van der Waals surface area contributed by atoms with Crippen LogP contribution in [-0.2, 0) is 4.79 Å². The maximum Gasteiger partial charge on any atom is 0.144 e. The van der Waals surface area contributed by atoms with Gasteiger partial charge < -0.3 is 15.0 Å². The van der Waals surface area contributed by atoms with Crippen molar-refractivity contribution in [1.82, 2.24) is 0 Å². The molecule has 3 unspecified atom stereocenters. The van der Waals surface area contributed by atoms with Crippen LogP contribution in [0.1, 0.15) is 63.6 Å². The van der Waals surface area contributed by atoms with E-state index in [0.29, 0.717) is 18.5 Å². The first-order chi connectivity index (χ1) is 17.9. The number of anilines is 2. The fraction of sp³-hybridized carbons (Fsp3) is 0.375. The predicted octanol–water partition coefficient (Wildman–Crippen LogP) is 7.32. The number of hydrogen-bond acceptors (Lipinski definition) is 5. The van der Waals surface area contributed by atoms with Crippen molar-refractivity contribution in [3.05, 3.63) is 83.9 Å². The lowest BCUT2D eigenvalue weighted by molar-refractivity contribution is -0.122. The summed E-state index contributed by atoms with van der Waals surface area (Å²) in [6.07, 6.45) is 1.28. The second kappa shape index (κ2) is 10.4. The van der Waals surface area contributed by atoms with Gasteiger partial charge in [0.2, 0.25) is 0 Å². The minimum atomic E-state index is -0.293. The Bertz CT molecular complexity index is 1270. The van der Waals surface area contributed by atoms with E-state index in [1.165, 1.54) is 5.69 Å². The van der Waals surface area contributed by atoms with Crippen molar-refractivity contribution in [2.24, 2.45) is 10.9 Å². The summed E-state index contributed by atoms with van der Waals surface area (Å²) >= 11 is 0. The van der Waals surface area contributed by atoms with Crippen LogP contribution in [0.3, 0.4) is 0 Å². The second-order valence-corrected chi connectivity index (χ2v) is 10.8. The average molecular weight is 496 g/mol. The van der Waals surface area contributed by atoms with Gasteiger partial charge in [0.1, 0.15) is 11.5 Å². The van der Waals surface area contributed by atoms with Crippen molar-refractivity contribution in [1.29, 1.82) is 0 Å². The molecule has 1 heterocycles. The normalized spacial score (nSPS) is 21.0. The number of carbonyl (C=O) groups is 1. The van der Waals surface area contributed by atoms with E-state index < -0.39 is 0 Å². The molecule has 5 nitrogen and oxygen atoms in total. The van der Waals surface area contributed by atoms with Gasteiger partial charge in [-0.1, -0.05) is 36.4 Å². The summed E-state index contributed by atoms with van der Waals surface area (Å²) in [5, 5.41) is 3.70. The average Bonchev–Trinajstić information content (AvgIpc) is 3.06. The molecule has 5 rings (SSSR count). The summed E-state index contributed by atoms with van der Waals surface area (Å²) in [5.74, 6) is 0.892. The fourth-order valence-corrected chi connectivity index (χ4v) is 6.03. The van der Waals surface area contributed by atoms with E-state index in [2.05, 4.69) is 80.4 Å². The molecule has 1 saturated carbocycles. The Morgan fingerprint density at radius 1 is 0.865 bits per heavy atom. The van der Waals surface area contributed by atoms with Crippen LogP contribution >= 0.6 is 0 Å². The van der Waals surface area contributed by atoms with E-state index in [-0.39, 0.29) is 23.7 Å². The molecule has 1 aliphatic heterocycles. The molecule has 0 spiro atoms. The van der Waals surface area contributed by atoms with Gasteiger partial charge in [-0.3, -0.25) is 9.79 Å². The maximum atomic E-state index is 13.8. The number of rotatable bonds is 6. The van der Waals surface area contributed by atoms with E-state index in [4.69, 9.17) is 9.73 Å². The van der Waals surface area contributed by atoms with Crippen molar-refractivity contribution in [3.63, 3.8) is 0 Å². The molecular formula is C32H37N3O2. The van der Waals surface area contributed by atoms with Crippen molar-refractivity contribution in [2.45, 2.75) is 64.6 Å². The lowest BCUT2D eigenvalue weighted by Crippen LogP contribution is -2.39. The van der Waals surface area contributed by atoms with E-state index >= 15 is 0 Å². The van der Waals surface area contributed by atoms with Gasteiger partial charge >= 0.3 is 0 Å². The van der Waals surface area contributed by atoms with Crippen LogP contribution < -0.4 is 15.0 Å². The zero-order valence-corrected chi connectivity index (χ0v) is 22.4. The van der Waals surface area contributed by atoms with Crippen molar-refractivity contribution in [2.75, 3.05) is 17.3 Å². The molecule has 3 aromatic rings. The number of carbonyl (C=O) groups excluding carboxylic acids is 1. The van der Waals surface area contributed by atoms with Gasteiger partial charge in [0.25, 0.3) is 0 Å². The van der Waals surface area contributed by atoms with Crippen molar-refractivity contribution < 1.29 is 9.53 Å². The zero-order valence-electron chi connectivity index (χ0n) is 22.4. The highest BCUT2D eigenvalue weighted by molar-refractivity contribution is 6.10. The summed E-state index contributed by atoms with van der Waals surface area (Å²) in [5.41, 5.74) is 6.31. The Balaban J connectivity index is 1.51. The van der Waals surface area contributed by atoms with Crippen LogP contribution in [0.5, 0.6) is 5.75 Å². The highest BCUT2D eigenvalue weighted by atomic mass is 16.5. The molecule has 1 fully saturated rings. The van der Waals surface area contributed by atoms with E-state index in [9.17, 15) is 4.79 Å². The van der Waals surface area contributed by atoms with E-state index in [1.54, 1.807) is 7.11 Å². The van der Waals surface area contributed by atoms with Gasteiger partial charge in [-0.15, -0.1) is 0 Å². The molecule has 3 aromatic carbocycles. The van der Waals surface area contributed by atoms with Crippen LogP contribution in [0.25, 0.3) is 0 Å². The lowest BCUT2D eigenvalue weighted by atomic mass is 9.72. The number of ketones is 1. The van der Waals surface area contributed by atoms with Gasteiger partial charge in [0, 0.05) is 29.9 Å². The highest BCUT2D eigenvalue weighted by Crippen LogP contribution is 2.44. The van der Waals surface area contributed by atoms with Crippen LogP contribution in [0, 0.1) is 5.92 Å². The number of nitrogens with one attached hydrogen (secondary N) is 1. The van der Waals surface area contributed by atoms with Crippen LogP contribution in [0.2, 0.25) is 0 Å². The summed E-state index contributed by atoms with van der Waals surface area (Å²) in [6.45, 7) is 8.89. The van der Waals surface area contributed by atoms with Gasteiger partial charge in [0.05, 0.1) is 30.4 Å². The quantitative estimate of drug-likeness (QED) is 0.389. The number of aliphatic imine (C=N–C) groups is 1. The molecule has 0 aromatic heterocycles. The van der Waals surface area contributed by atoms with E-state index in [1.807, 2.05) is 30.3 Å². The molecule has 0 bridgehead atoms. The summed E-state index contributed by atoms with van der Waals surface area (Å²) in [4.78, 5) is 21.3. The van der Waals surface area contributed by atoms with Crippen molar-refractivity contribution in [3.8, 4) is 5.75 Å². The molecule has 37 heavy (non-hydrogen) atoms. The van der Waals surface area contributed by atoms with Gasteiger partial charge in [0.15, 0.2) is 0 Å². The number of Topliss-reactive ketones (excluding diaryl/α,β-unsaturated/α-hetero) is 1. The molecule has 3 atom stereocenters. The number of benzene rings is 3. The fourth-order valence-electron chi connectivity index (χ4n) is 6.03. The molecule has 192 valence electrons. The third-order valence-corrected chi connectivity index (χ3v) is 7.67. The Hall–Kier alpha value is -3.60. The minimum absolute atomic E-state index is 0.118. The summed E-state index contributed by atoms with van der Waals surface area (Å²) < 4.78 is 5.33. The third kappa shape index (κ3) is 5.00. The topological polar surface area (TPSA) is 53.9 Å². The highest BCUT2D eigenvalue weighted by Gasteiger charge is 2.41. The largest absolute Gasteiger partial charge is 0.497 e. The number of hydrogen-bond donors (Lipinski definition) is 1. The number of para-hydroxylation sites is 2. The molecular weight excluding hydrogens is 458 g/mol. The number of ether oxygens (including phenoxy) is 1. The zero-order chi connectivity index (χ0) is 26.1. The molecule has 0 saturated heterocycles. The van der Waals surface area contributed by atoms with Crippen LogP contribution in [-0.4, -0.2) is 30.7 Å². The first kappa shape index (κ1) is 25.1. The summed E-state index contributed by atoms with van der Waals surface area (Å²) in [7, 11) is 1.67. The van der Waals surface area contributed by atoms with Gasteiger partial charge in [-0.25, -0.2) is 0 Å². The van der Waals surface area contributed by atoms with Crippen LogP contribution in [0.4, 0.5) is 17.1 Å². The van der Waals surface area contributed by atoms with Gasteiger partial charge in [-0.05, 0) is 87.6 Å². The Labute approximate surface area is 220 Å². The molecule has 1 N–H and O–H groups in total. The smallest absolute Gasteiger partial charge is 0.144 e. The third-order valence-electron chi connectivity index (χ3n) is 7.67. The number of methoxy groups -OCH3 is 1. The maximum absolute atomic E-state index is 13.8. The molecule has 0 amide bonds. The second-order valence-electron chi connectivity index (χ2n) is 10.8. The number of fused-ring (bicyclic) bond motifs is 2. The van der Waals surface area contributed by atoms with Crippen molar-refractivity contribution >= 4 is 28.6 Å². The standard InChI is InChI=1S/C32H37N3O2/c1-20(2)35(21(3)4)25-14-10-23(11-15-25)32-31-29(33-27-8-6-7-9-28(27)34-32)18-24(19-30(31)36)22-12-16-26(37-5)17-13-22/h6-17,20-21,24,31-32,34H,18-19H2,1-5H3. The van der Waals surface area contributed by atoms with Crippen LogP contribution in [0.15, 0.2) is 77.8 Å². The molecule has 2 aliphatic rings. The number of nitrogens with zero attached hydrogens (tertiary/aromatic N) is 2. The Morgan fingerprint density at radius 3 is 2.16 bits per heavy atom. The first-order valence-electron chi connectivity index (χ1n) is 13.3. The summed E-state index contributed by atoms with van der Waals surface area (Å²) in [6, 6.07) is 25.6. The van der Waals surface area contributed by atoms with E-state index in [0.717, 1.165) is 40.4 Å². The first-order valence-corrected chi connectivity index (χ1v) is 13.3. The van der Waals surface area contributed by atoms with Gasteiger partial charge in [-0.2, -0.15) is 0 Å². The SMILES string of the molecule is COc1ccc(C2CC(=O)C3C(=Nc4ccccc4NC3c3ccc(N(C(C)C)C(C)C)cc3)C2)cc1. The lowest BCUT2D eigenvalue weighted by Gasteiger charge is -2.35. The molecule has 5 heteroatoms. The Morgan fingerprint density at radius 2 is 1.51 bits per heavy atom. The molecule has 0 radical (unpaired) electrons. The monoisotopic (exact) mass is 495 g/mol. The predicted molar refractivity (Wildman–Crippen MR) is 153 cm³/mol. The molecule has 1 aliphatic carbocycles. The Kier molecular flexibility index (Phi) is 7.05. The minimum Gasteiger partial charge on any atom is -0.497 e.